The molecule has 4 heteroatoms. The number of hydrogen-bond acceptors (Lipinski definition) is 2. The first-order valence-corrected chi connectivity index (χ1v) is 9.69. The number of rotatable bonds is 5. The number of piperidine rings is 1. The third-order valence-electron chi connectivity index (χ3n) is 5.13. The molecular formula is C21H24BrNO2. The maximum atomic E-state index is 11.3. The number of likely N-dealkylation sites (tertiary alicyclic amines) is 1. The van der Waals surface area contributed by atoms with E-state index in [1.807, 2.05) is 0 Å². The molecule has 25 heavy (non-hydrogen) atoms. The first kappa shape index (κ1) is 18.2. The Balaban J connectivity index is 1.89. The van der Waals surface area contributed by atoms with E-state index in [0.29, 0.717) is 0 Å². The number of aryl methyl sites for hydroxylation is 1. The van der Waals surface area contributed by atoms with Crippen molar-refractivity contribution < 1.29 is 9.90 Å². The number of carboxylic acids is 1. The Labute approximate surface area is 157 Å². The van der Waals surface area contributed by atoms with Crippen LogP contribution in [0.3, 0.4) is 0 Å². The number of halogens is 1. The maximum absolute atomic E-state index is 11.3. The van der Waals surface area contributed by atoms with E-state index in [1.165, 1.54) is 16.7 Å². The van der Waals surface area contributed by atoms with Crippen molar-refractivity contribution in [1.29, 1.82) is 0 Å². The first-order valence-electron chi connectivity index (χ1n) is 8.89. The van der Waals surface area contributed by atoms with E-state index in [0.717, 1.165) is 36.8 Å². The van der Waals surface area contributed by atoms with Crippen LogP contribution in [0.15, 0.2) is 53.0 Å². The third-order valence-corrected chi connectivity index (χ3v) is 5.66. The van der Waals surface area contributed by atoms with Gasteiger partial charge < -0.3 is 5.11 Å². The topological polar surface area (TPSA) is 40.5 Å². The smallest absolute Gasteiger partial charge is 0.306 e. The molecule has 0 radical (unpaired) electrons. The lowest BCUT2D eigenvalue weighted by molar-refractivity contribution is -0.143. The summed E-state index contributed by atoms with van der Waals surface area (Å²) in [6.45, 7) is 3.79. The highest BCUT2D eigenvalue weighted by atomic mass is 79.9. The van der Waals surface area contributed by atoms with Crippen molar-refractivity contribution in [2.45, 2.75) is 32.2 Å². The summed E-state index contributed by atoms with van der Waals surface area (Å²) < 4.78 is 1.07. The Morgan fingerprint density at radius 2 is 1.60 bits per heavy atom. The average molecular weight is 402 g/mol. The van der Waals surface area contributed by atoms with Crippen LogP contribution < -0.4 is 0 Å². The van der Waals surface area contributed by atoms with E-state index < -0.39 is 5.97 Å². The molecule has 0 aromatic heterocycles. The van der Waals surface area contributed by atoms with Gasteiger partial charge >= 0.3 is 5.97 Å². The second-order valence-electron chi connectivity index (χ2n) is 6.70. The maximum Gasteiger partial charge on any atom is 0.306 e. The van der Waals surface area contributed by atoms with Gasteiger partial charge in [0.15, 0.2) is 0 Å². The van der Waals surface area contributed by atoms with Crippen molar-refractivity contribution in [3.8, 4) is 0 Å². The fraction of sp³-hybridized carbons (Fsp3) is 0.381. The Hall–Kier alpha value is -1.65. The minimum absolute atomic E-state index is 0.175. The van der Waals surface area contributed by atoms with Gasteiger partial charge in [0.2, 0.25) is 0 Å². The van der Waals surface area contributed by atoms with Crippen LogP contribution in [0.25, 0.3) is 0 Å². The molecule has 1 saturated heterocycles. The van der Waals surface area contributed by atoms with Crippen molar-refractivity contribution in [2.24, 2.45) is 5.92 Å². The molecule has 1 fully saturated rings. The van der Waals surface area contributed by atoms with Gasteiger partial charge in [-0.15, -0.1) is 0 Å². The van der Waals surface area contributed by atoms with Crippen LogP contribution in [-0.4, -0.2) is 29.1 Å². The van der Waals surface area contributed by atoms with Crippen LogP contribution in [0.2, 0.25) is 0 Å². The quantitative estimate of drug-likeness (QED) is 0.774. The molecule has 2 aromatic rings. The summed E-state index contributed by atoms with van der Waals surface area (Å²) in [5.74, 6) is -0.864. The van der Waals surface area contributed by atoms with Gasteiger partial charge in [-0.25, -0.2) is 0 Å². The Bertz CT molecular complexity index is 704. The van der Waals surface area contributed by atoms with Crippen molar-refractivity contribution in [1.82, 2.24) is 4.90 Å². The van der Waals surface area contributed by atoms with Crippen LogP contribution in [0.1, 0.15) is 42.5 Å². The number of carboxylic acid groups (broad SMARTS) is 1. The van der Waals surface area contributed by atoms with E-state index in [9.17, 15) is 9.90 Å². The highest BCUT2D eigenvalue weighted by molar-refractivity contribution is 9.10. The zero-order valence-electron chi connectivity index (χ0n) is 14.5. The van der Waals surface area contributed by atoms with Crippen LogP contribution >= 0.6 is 15.9 Å². The molecule has 3 rings (SSSR count). The second-order valence-corrected chi connectivity index (χ2v) is 7.61. The van der Waals surface area contributed by atoms with E-state index in [2.05, 4.69) is 76.3 Å². The zero-order chi connectivity index (χ0) is 17.8. The number of aliphatic carboxylic acids is 1. The number of benzene rings is 2. The minimum Gasteiger partial charge on any atom is -0.481 e. The molecule has 1 unspecified atom stereocenters. The molecule has 0 amide bonds. The molecule has 3 nitrogen and oxygen atoms in total. The summed E-state index contributed by atoms with van der Waals surface area (Å²) in [4.78, 5) is 13.7. The van der Waals surface area contributed by atoms with E-state index in [1.54, 1.807) is 0 Å². The molecule has 0 saturated carbocycles. The molecule has 1 aliphatic heterocycles. The molecule has 0 aliphatic carbocycles. The normalized spacial score (nSPS) is 17.4. The molecule has 1 aliphatic rings. The first-order chi connectivity index (χ1) is 12.1. The Morgan fingerprint density at radius 3 is 2.08 bits per heavy atom. The molecule has 0 spiro atoms. The van der Waals surface area contributed by atoms with Crippen LogP contribution in [0.5, 0.6) is 0 Å². The largest absolute Gasteiger partial charge is 0.481 e. The summed E-state index contributed by atoms with van der Waals surface area (Å²) in [6.07, 6.45) is 2.47. The highest BCUT2D eigenvalue weighted by Gasteiger charge is 2.30. The monoisotopic (exact) mass is 401 g/mol. The summed E-state index contributed by atoms with van der Waals surface area (Å²) in [6, 6.07) is 17.5. The van der Waals surface area contributed by atoms with Crippen LogP contribution in [0.4, 0.5) is 0 Å². The number of nitrogens with zero attached hydrogens (tertiary/aromatic N) is 1. The highest BCUT2D eigenvalue weighted by Crippen LogP contribution is 2.33. The van der Waals surface area contributed by atoms with Gasteiger partial charge in [-0.2, -0.15) is 0 Å². The van der Waals surface area contributed by atoms with Crippen LogP contribution in [-0.2, 0) is 11.2 Å². The van der Waals surface area contributed by atoms with Gasteiger partial charge in [-0.05, 0) is 61.2 Å². The lowest BCUT2D eigenvalue weighted by Gasteiger charge is -2.37. The van der Waals surface area contributed by atoms with Crippen molar-refractivity contribution in [2.75, 3.05) is 13.1 Å². The predicted molar refractivity (Wildman–Crippen MR) is 104 cm³/mol. The lowest BCUT2D eigenvalue weighted by atomic mass is 9.91. The zero-order valence-corrected chi connectivity index (χ0v) is 16.1. The standard InChI is InChI=1S/C21H24BrNO2/c1-2-15-3-5-16(6-4-15)20(17-7-9-19(22)10-8-17)23-13-11-18(12-14-23)21(24)25/h3-10,18,20H,2,11-14H2,1H3,(H,24,25). The summed E-state index contributed by atoms with van der Waals surface area (Å²) in [5, 5.41) is 9.26. The molecule has 1 N–H and O–H groups in total. The van der Waals surface area contributed by atoms with E-state index in [-0.39, 0.29) is 12.0 Å². The summed E-state index contributed by atoms with van der Waals surface area (Å²) >= 11 is 3.51. The van der Waals surface area contributed by atoms with E-state index >= 15 is 0 Å². The Morgan fingerprint density at radius 1 is 1.08 bits per heavy atom. The molecule has 0 bridgehead atoms. The second kappa shape index (κ2) is 8.15. The van der Waals surface area contributed by atoms with Gasteiger partial charge in [0, 0.05) is 4.47 Å². The fourth-order valence-corrected chi connectivity index (χ4v) is 3.86. The fourth-order valence-electron chi connectivity index (χ4n) is 3.60. The lowest BCUT2D eigenvalue weighted by Crippen LogP contribution is -2.39. The SMILES string of the molecule is CCc1ccc(C(c2ccc(Br)cc2)N2CCC(C(=O)O)CC2)cc1. The van der Waals surface area contributed by atoms with Gasteiger partial charge in [-0.3, -0.25) is 9.69 Å². The molecule has 1 atom stereocenters. The van der Waals surface area contributed by atoms with Crippen molar-refractivity contribution >= 4 is 21.9 Å². The molecule has 132 valence electrons. The van der Waals surface area contributed by atoms with Gasteiger partial charge in [0.05, 0.1) is 12.0 Å². The molecular weight excluding hydrogens is 378 g/mol. The third kappa shape index (κ3) is 4.31. The van der Waals surface area contributed by atoms with Gasteiger partial charge in [-0.1, -0.05) is 59.3 Å². The minimum atomic E-state index is -0.660. The predicted octanol–water partition coefficient (Wildman–Crippen LogP) is 4.90. The Kier molecular flexibility index (Phi) is 5.92. The number of carbonyl (C=O) groups is 1. The summed E-state index contributed by atoms with van der Waals surface area (Å²) in [7, 11) is 0. The van der Waals surface area contributed by atoms with Gasteiger partial charge in [0.25, 0.3) is 0 Å². The van der Waals surface area contributed by atoms with Crippen LogP contribution in [0, 0.1) is 5.92 Å². The van der Waals surface area contributed by atoms with Gasteiger partial charge in [0.1, 0.15) is 0 Å². The number of hydrogen-bond donors (Lipinski definition) is 1. The average Bonchev–Trinajstić information content (AvgIpc) is 2.64. The summed E-state index contributed by atoms with van der Waals surface area (Å²) in [5.41, 5.74) is 3.86. The van der Waals surface area contributed by atoms with Crippen molar-refractivity contribution in [3.63, 3.8) is 0 Å². The van der Waals surface area contributed by atoms with E-state index in [4.69, 9.17) is 0 Å². The molecule has 2 aromatic carbocycles. The van der Waals surface area contributed by atoms with Crippen molar-refractivity contribution in [3.05, 3.63) is 69.7 Å². The molecule has 1 heterocycles.